The van der Waals surface area contributed by atoms with Crippen LogP contribution in [0.3, 0.4) is 0 Å². The van der Waals surface area contributed by atoms with Gasteiger partial charge in [0.15, 0.2) is 0 Å². The third-order valence-electron chi connectivity index (χ3n) is 5.21. The summed E-state index contributed by atoms with van der Waals surface area (Å²) in [6, 6.07) is 4.16. The zero-order valence-electron chi connectivity index (χ0n) is 16.4. The average Bonchev–Trinajstić information content (AvgIpc) is 3.29. The molecule has 0 aromatic carbocycles. The summed E-state index contributed by atoms with van der Waals surface area (Å²) < 4.78 is 16.7. The molecule has 0 saturated heterocycles. The highest BCUT2D eigenvalue weighted by Gasteiger charge is 2.34. The molecular formula is C22H32O3Si. The molecule has 0 N–H and O–H groups in total. The van der Waals surface area contributed by atoms with E-state index in [0.717, 1.165) is 19.3 Å². The molecule has 0 saturated carbocycles. The third kappa shape index (κ3) is 5.66. The first-order chi connectivity index (χ1) is 12.4. The van der Waals surface area contributed by atoms with Crippen LogP contribution in [-0.4, -0.2) is 8.32 Å². The summed E-state index contributed by atoms with van der Waals surface area (Å²) in [6.45, 7) is 6.81. The monoisotopic (exact) mass is 372 g/mol. The minimum atomic E-state index is -1.53. The molecular weight excluding hydrogens is 340 g/mol. The lowest BCUT2D eigenvalue weighted by molar-refractivity contribution is 0.300. The molecule has 0 fully saturated rings. The molecule has 3 rings (SSSR count). The molecule has 1 aliphatic rings. The van der Waals surface area contributed by atoms with Crippen molar-refractivity contribution in [1.29, 1.82) is 0 Å². The molecule has 0 bridgehead atoms. The normalized spacial score (nSPS) is 16.7. The van der Waals surface area contributed by atoms with E-state index in [2.05, 4.69) is 37.8 Å². The van der Waals surface area contributed by atoms with Crippen LogP contribution < -0.4 is 0 Å². The SMILES string of the molecule is C[Si](C)(C)OC1=CC(CCCc2ccoc2)(CCCc2ccoc2)CC1. The molecule has 142 valence electrons. The van der Waals surface area contributed by atoms with Gasteiger partial charge < -0.3 is 13.3 Å². The summed E-state index contributed by atoms with van der Waals surface area (Å²) in [5.74, 6) is 1.25. The second-order valence-electron chi connectivity index (χ2n) is 8.66. The zero-order valence-corrected chi connectivity index (χ0v) is 17.4. The molecule has 4 heteroatoms. The third-order valence-corrected chi connectivity index (χ3v) is 6.09. The molecule has 0 aliphatic heterocycles. The van der Waals surface area contributed by atoms with Gasteiger partial charge in [0.2, 0.25) is 8.32 Å². The minimum absolute atomic E-state index is 0.294. The van der Waals surface area contributed by atoms with Crippen LogP contribution >= 0.6 is 0 Å². The summed E-state index contributed by atoms with van der Waals surface area (Å²) in [5.41, 5.74) is 2.90. The lowest BCUT2D eigenvalue weighted by atomic mass is 9.77. The summed E-state index contributed by atoms with van der Waals surface area (Å²) in [4.78, 5) is 0. The van der Waals surface area contributed by atoms with E-state index >= 15 is 0 Å². The van der Waals surface area contributed by atoms with E-state index in [4.69, 9.17) is 13.3 Å². The maximum atomic E-state index is 6.33. The van der Waals surface area contributed by atoms with E-state index in [1.54, 1.807) is 12.5 Å². The Hall–Kier alpha value is -1.68. The van der Waals surface area contributed by atoms with Crippen LogP contribution in [0.1, 0.15) is 49.7 Å². The highest BCUT2D eigenvalue weighted by molar-refractivity contribution is 6.70. The maximum absolute atomic E-state index is 6.33. The molecule has 2 aromatic rings. The fraction of sp³-hybridized carbons (Fsp3) is 0.545. The largest absolute Gasteiger partial charge is 0.548 e. The molecule has 2 aromatic heterocycles. The van der Waals surface area contributed by atoms with Crippen LogP contribution in [0.2, 0.25) is 19.6 Å². The van der Waals surface area contributed by atoms with Gasteiger partial charge in [-0.1, -0.05) is 0 Å². The number of furan rings is 2. The average molecular weight is 373 g/mol. The zero-order chi connectivity index (χ0) is 18.5. The first-order valence-corrected chi connectivity index (χ1v) is 13.3. The maximum Gasteiger partial charge on any atom is 0.241 e. The van der Waals surface area contributed by atoms with Crippen LogP contribution in [0.4, 0.5) is 0 Å². The van der Waals surface area contributed by atoms with E-state index in [9.17, 15) is 0 Å². The molecule has 0 atom stereocenters. The Morgan fingerprint density at radius 1 is 0.962 bits per heavy atom. The Kier molecular flexibility index (Phi) is 6.12. The molecule has 0 spiro atoms. The predicted octanol–water partition coefficient (Wildman–Crippen LogP) is 6.73. The topological polar surface area (TPSA) is 35.5 Å². The van der Waals surface area contributed by atoms with Crippen LogP contribution in [0.5, 0.6) is 0 Å². The molecule has 0 radical (unpaired) electrons. The summed E-state index contributed by atoms with van der Waals surface area (Å²) in [7, 11) is -1.53. The van der Waals surface area contributed by atoms with E-state index in [-0.39, 0.29) is 0 Å². The predicted molar refractivity (Wildman–Crippen MR) is 107 cm³/mol. The number of hydrogen-bond acceptors (Lipinski definition) is 3. The standard InChI is InChI=1S/C22H32O3Si/c1-26(2,3)25-21-8-13-22(16-21,11-4-6-19-9-14-23-17-19)12-5-7-20-10-15-24-18-20/h9-10,14-18H,4-8,11-13H2,1-3H3. The Morgan fingerprint density at radius 3 is 2.00 bits per heavy atom. The highest BCUT2D eigenvalue weighted by atomic mass is 28.4. The Bertz CT molecular complexity index is 637. The van der Waals surface area contributed by atoms with Crippen LogP contribution in [0.25, 0.3) is 0 Å². The van der Waals surface area contributed by atoms with Gasteiger partial charge in [-0.3, -0.25) is 0 Å². The molecule has 26 heavy (non-hydrogen) atoms. The van der Waals surface area contributed by atoms with E-state index in [0.29, 0.717) is 5.41 Å². The first kappa shape index (κ1) is 19.1. The van der Waals surface area contributed by atoms with Gasteiger partial charge >= 0.3 is 0 Å². The van der Waals surface area contributed by atoms with Gasteiger partial charge in [0.05, 0.1) is 30.8 Å². The van der Waals surface area contributed by atoms with Crippen molar-refractivity contribution in [2.24, 2.45) is 5.41 Å². The fourth-order valence-electron chi connectivity index (χ4n) is 4.01. The van der Waals surface area contributed by atoms with Gasteiger partial charge in [-0.15, -0.1) is 0 Å². The number of aryl methyl sites for hydroxylation is 2. The summed E-state index contributed by atoms with van der Waals surface area (Å²) >= 11 is 0. The molecule has 0 unspecified atom stereocenters. The van der Waals surface area contributed by atoms with Crippen molar-refractivity contribution in [3.63, 3.8) is 0 Å². The van der Waals surface area contributed by atoms with Gasteiger partial charge in [-0.2, -0.15) is 0 Å². The fourth-order valence-corrected chi connectivity index (χ4v) is 4.96. The first-order valence-electron chi connectivity index (χ1n) is 9.87. The molecule has 3 nitrogen and oxygen atoms in total. The van der Waals surface area contributed by atoms with Gasteiger partial charge in [-0.25, -0.2) is 0 Å². The Balaban J connectivity index is 1.60. The van der Waals surface area contributed by atoms with E-state index < -0.39 is 8.32 Å². The second kappa shape index (κ2) is 8.34. The quantitative estimate of drug-likeness (QED) is 0.433. The smallest absolute Gasteiger partial charge is 0.241 e. The van der Waals surface area contributed by atoms with Crippen molar-refractivity contribution in [3.05, 3.63) is 60.1 Å². The van der Waals surface area contributed by atoms with Crippen molar-refractivity contribution in [2.75, 3.05) is 0 Å². The van der Waals surface area contributed by atoms with Crippen LogP contribution in [0, 0.1) is 5.41 Å². The van der Waals surface area contributed by atoms with Gasteiger partial charge in [-0.05, 0) is 99.3 Å². The van der Waals surface area contributed by atoms with E-state index in [1.165, 1.54) is 49.0 Å². The summed E-state index contributed by atoms with van der Waals surface area (Å²) in [5, 5.41) is 0. The number of hydrogen-bond donors (Lipinski definition) is 0. The van der Waals surface area contributed by atoms with Crippen molar-refractivity contribution in [2.45, 2.75) is 71.0 Å². The summed E-state index contributed by atoms with van der Waals surface area (Å²) in [6.07, 6.45) is 19.1. The van der Waals surface area contributed by atoms with E-state index in [1.807, 2.05) is 12.5 Å². The molecule has 2 heterocycles. The van der Waals surface area contributed by atoms with Crippen molar-refractivity contribution >= 4 is 8.32 Å². The van der Waals surface area contributed by atoms with Crippen molar-refractivity contribution in [3.8, 4) is 0 Å². The minimum Gasteiger partial charge on any atom is -0.548 e. The Labute approximate surface area is 158 Å². The van der Waals surface area contributed by atoms with Gasteiger partial charge in [0.1, 0.15) is 0 Å². The van der Waals surface area contributed by atoms with Gasteiger partial charge in [0.25, 0.3) is 0 Å². The number of rotatable bonds is 10. The number of allylic oxidation sites excluding steroid dienone is 2. The van der Waals surface area contributed by atoms with Gasteiger partial charge in [0, 0.05) is 6.42 Å². The van der Waals surface area contributed by atoms with Crippen molar-refractivity contribution in [1.82, 2.24) is 0 Å². The Morgan fingerprint density at radius 2 is 1.54 bits per heavy atom. The van der Waals surface area contributed by atoms with Crippen molar-refractivity contribution < 1.29 is 13.3 Å². The second-order valence-corrected chi connectivity index (χ2v) is 13.1. The highest BCUT2D eigenvalue weighted by Crippen LogP contribution is 2.45. The van der Waals surface area contributed by atoms with Crippen LogP contribution in [0.15, 0.2) is 57.9 Å². The molecule has 0 amide bonds. The lowest BCUT2D eigenvalue weighted by Gasteiger charge is -2.27. The molecule has 1 aliphatic carbocycles. The van der Waals surface area contributed by atoms with Crippen LogP contribution in [-0.2, 0) is 17.3 Å². The lowest BCUT2D eigenvalue weighted by Crippen LogP contribution is -2.24.